The van der Waals surface area contributed by atoms with Gasteiger partial charge in [-0.25, -0.2) is 0 Å². The number of hydrogen-bond acceptors (Lipinski definition) is 2. The molecule has 1 atom stereocenters. The van der Waals surface area contributed by atoms with Crippen LogP contribution in [-0.4, -0.2) is 9.78 Å². The summed E-state index contributed by atoms with van der Waals surface area (Å²) >= 11 is 5.84. The van der Waals surface area contributed by atoms with E-state index in [2.05, 4.69) is 5.10 Å². The van der Waals surface area contributed by atoms with Gasteiger partial charge in [-0.1, -0.05) is 23.7 Å². The van der Waals surface area contributed by atoms with Gasteiger partial charge in [-0.3, -0.25) is 4.68 Å². The van der Waals surface area contributed by atoms with E-state index in [1.54, 1.807) is 4.68 Å². The Kier molecular flexibility index (Phi) is 2.99. The van der Waals surface area contributed by atoms with Crippen LogP contribution in [0.15, 0.2) is 30.5 Å². The van der Waals surface area contributed by atoms with Crippen LogP contribution in [0.3, 0.4) is 0 Å². The first kappa shape index (κ1) is 11.2. The van der Waals surface area contributed by atoms with Crippen LogP contribution in [0.2, 0.25) is 5.02 Å². The van der Waals surface area contributed by atoms with Gasteiger partial charge in [0, 0.05) is 23.8 Å². The lowest BCUT2D eigenvalue weighted by atomic mass is 10.0. The van der Waals surface area contributed by atoms with Crippen LogP contribution < -0.4 is 5.73 Å². The molecule has 0 aliphatic carbocycles. The fourth-order valence-corrected chi connectivity index (χ4v) is 1.90. The second-order valence-electron chi connectivity index (χ2n) is 3.87. The first-order valence-electron chi connectivity index (χ1n) is 5.09. The van der Waals surface area contributed by atoms with Crippen LogP contribution in [0.4, 0.5) is 0 Å². The zero-order valence-electron chi connectivity index (χ0n) is 9.31. The van der Waals surface area contributed by atoms with E-state index >= 15 is 0 Å². The SMILES string of the molecule is Cc1nn(C)cc1C(N)c1ccc(Cl)cc1. The first-order chi connectivity index (χ1) is 7.58. The predicted molar refractivity (Wildman–Crippen MR) is 65.4 cm³/mol. The average Bonchev–Trinajstić information content (AvgIpc) is 2.58. The summed E-state index contributed by atoms with van der Waals surface area (Å²) in [4.78, 5) is 0. The highest BCUT2D eigenvalue weighted by molar-refractivity contribution is 6.30. The third-order valence-corrected chi connectivity index (χ3v) is 2.87. The van der Waals surface area contributed by atoms with Crippen molar-refractivity contribution in [2.75, 3.05) is 0 Å². The number of nitrogens with two attached hydrogens (primary N) is 1. The molecule has 0 aliphatic heterocycles. The van der Waals surface area contributed by atoms with E-state index in [0.29, 0.717) is 0 Å². The number of benzene rings is 1. The van der Waals surface area contributed by atoms with Gasteiger partial charge < -0.3 is 5.73 Å². The van der Waals surface area contributed by atoms with E-state index in [1.807, 2.05) is 44.4 Å². The van der Waals surface area contributed by atoms with E-state index in [1.165, 1.54) is 0 Å². The number of hydrogen-bond donors (Lipinski definition) is 1. The fourth-order valence-electron chi connectivity index (χ4n) is 1.77. The van der Waals surface area contributed by atoms with Gasteiger partial charge >= 0.3 is 0 Å². The van der Waals surface area contributed by atoms with E-state index in [-0.39, 0.29) is 6.04 Å². The van der Waals surface area contributed by atoms with Gasteiger partial charge in [-0.2, -0.15) is 5.10 Å². The standard InChI is InChI=1S/C12H14ClN3/c1-8-11(7-16(2)15-8)12(14)9-3-5-10(13)6-4-9/h3-7,12H,14H2,1-2H3. The smallest absolute Gasteiger partial charge is 0.0644 e. The molecule has 0 fully saturated rings. The number of halogens is 1. The van der Waals surface area contributed by atoms with Gasteiger partial charge in [0.05, 0.1) is 11.7 Å². The molecule has 1 heterocycles. The molecule has 0 radical (unpaired) electrons. The lowest BCUT2D eigenvalue weighted by molar-refractivity contribution is 0.756. The molecule has 2 aromatic rings. The van der Waals surface area contributed by atoms with Crippen molar-refractivity contribution in [2.24, 2.45) is 12.8 Å². The third-order valence-electron chi connectivity index (χ3n) is 2.62. The van der Waals surface area contributed by atoms with Crippen LogP contribution in [0.25, 0.3) is 0 Å². The molecule has 3 nitrogen and oxygen atoms in total. The fraction of sp³-hybridized carbons (Fsp3) is 0.250. The Morgan fingerprint density at radius 2 is 1.94 bits per heavy atom. The molecule has 0 saturated heterocycles. The van der Waals surface area contributed by atoms with Gasteiger partial charge in [-0.15, -0.1) is 0 Å². The van der Waals surface area contributed by atoms with Gasteiger partial charge in [0.2, 0.25) is 0 Å². The van der Waals surface area contributed by atoms with Crippen LogP contribution >= 0.6 is 11.6 Å². The molecule has 4 heteroatoms. The molecule has 1 aromatic carbocycles. The van der Waals surface area contributed by atoms with Crippen molar-refractivity contribution in [2.45, 2.75) is 13.0 Å². The topological polar surface area (TPSA) is 43.8 Å². The average molecular weight is 236 g/mol. The molecule has 0 amide bonds. The normalized spacial score (nSPS) is 12.8. The summed E-state index contributed by atoms with van der Waals surface area (Å²) < 4.78 is 1.78. The summed E-state index contributed by atoms with van der Waals surface area (Å²) in [6.45, 7) is 1.96. The molecule has 0 bridgehead atoms. The Bertz CT molecular complexity index is 487. The Morgan fingerprint density at radius 1 is 1.31 bits per heavy atom. The zero-order valence-corrected chi connectivity index (χ0v) is 10.1. The number of aryl methyl sites for hydroxylation is 2. The molecule has 1 aromatic heterocycles. The van der Waals surface area contributed by atoms with Crippen LogP contribution in [0, 0.1) is 6.92 Å². The second kappa shape index (κ2) is 4.28. The van der Waals surface area contributed by atoms with Gasteiger partial charge in [0.25, 0.3) is 0 Å². The van der Waals surface area contributed by atoms with Crippen LogP contribution in [-0.2, 0) is 7.05 Å². The van der Waals surface area contributed by atoms with E-state index in [0.717, 1.165) is 21.8 Å². The number of aromatic nitrogens is 2. The minimum atomic E-state index is -0.147. The molecule has 0 spiro atoms. The van der Waals surface area contributed by atoms with Crippen molar-refractivity contribution in [3.8, 4) is 0 Å². The Hall–Kier alpha value is -1.32. The summed E-state index contributed by atoms with van der Waals surface area (Å²) in [5.41, 5.74) is 9.24. The van der Waals surface area contributed by atoms with Crippen molar-refractivity contribution < 1.29 is 0 Å². The van der Waals surface area contributed by atoms with Crippen molar-refractivity contribution in [3.63, 3.8) is 0 Å². The highest BCUT2D eigenvalue weighted by atomic mass is 35.5. The van der Waals surface area contributed by atoms with Crippen molar-refractivity contribution in [1.82, 2.24) is 9.78 Å². The van der Waals surface area contributed by atoms with E-state index in [4.69, 9.17) is 17.3 Å². The second-order valence-corrected chi connectivity index (χ2v) is 4.31. The third kappa shape index (κ3) is 2.10. The highest BCUT2D eigenvalue weighted by Crippen LogP contribution is 2.22. The largest absolute Gasteiger partial charge is 0.320 e. The van der Waals surface area contributed by atoms with E-state index < -0.39 is 0 Å². The summed E-state index contributed by atoms with van der Waals surface area (Å²) in [5, 5.41) is 5.01. The lowest BCUT2D eigenvalue weighted by Crippen LogP contribution is -2.12. The summed E-state index contributed by atoms with van der Waals surface area (Å²) in [6, 6.07) is 7.44. The monoisotopic (exact) mass is 235 g/mol. The van der Waals surface area contributed by atoms with Crippen LogP contribution in [0.5, 0.6) is 0 Å². The molecule has 2 rings (SSSR count). The number of nitrogens with zero attached hydrogens (tertiary/aromatic N) is 2. The molecule has 2 N–H and O–H groups in total. The van der Waals surface area contributed by atoms with E-state index in [9.17, 15) is 0 Å². The van der Waals surface area contributed by atoms with Crippen molar-refractivity contribution in [3.05, 3.63) is 52.3 Å². The molecule has 1 unspecified atom stereocenters. The maximum Gasteiger partial charge on any atom is 0.0644 e. The van der Waals surface area contributed by atoms with Gasteiger partial charge in [-0.05, 0) is 24.6 Å². The summed E-state index contributed by atoms with van der Waals surface area (Å²) in [7, 11) is 1.89. The van der Waals surface area contributed by atoms with Gasteiger partial charge in [0.1, 0.15) is 0 Å². The minimum Gasteiger partial charge on any atom is -0.320 e. The molecule has 0 aliphatic rings. The van der Waals surface area contributed by atoms with Crippen LogP contribution in [0.1, 0.15) is 22.9 Å². The summed E-state index contributed by atoms with van der Waals surface area (Å²) in [5.74, 6) is 0. The molecular weight excluding hydrogens is 222 g/mol. The van der Waals surface area contributed by atoms with Gasteiger partial charge in [0.15, 0.2) is 0 Å². The molecule has 0 saturated carbocycles. The highest BCUT2D eigenvalue weighted by Gasteiger charge is 2.13. The minimum absolute atomic E-state index is 0.147. The predicted octanol–water partition coefficient (Wildman–Crippen LogP) is 2.43. The lowest BCUT2D eigenvalue weighted by Gasteiger charge is -2.10. The van der Waals surface area contributed by atoms with Crippen molar-refractivity contribution >= 4 is 11.6 Å². The molecular formula is C12H14ClN3. The summed E-state index contributed by atoms with van der Waals surface area (Å²) in [6.07, 6.45) is 1.95. The Labute approximate surface area is 99.8 Å². The Balaban J connectivity index is 2.35. The maximum atomic E-state index is 6.18. The number of rotatable bonds is 2. The molecule has 84 valence electrons. The Morgan fingerprint density at radius 3 is 2.44 bits per heavy atom. The quantitative estimate of drug-likeness (QED) is 0.869. The van der Waals surface area contributed by atoms with Crippen molar-refractivity contribution in [1.29, 1.82) is 0 Å². The first-order valence-corrected chi connectivity index (χ1v) is 5.47. The molecule has 16 heavy (non-hydrogen) atoms. The maximum absolute atomic E-state index is 6.18. The zero-order chi connectivity index (χ0) is 11.7.